The van der Waals surface area contributed by atoms with E-state index in [1.165, 1.54) is 17.0 Å². The molecule has 0 saturated carbocycles. The average molecular weight is 486 g/mol. The summed E-state index contributed by atoms with van der Waals surface area (Å²) in [6.45, 7) is 4.03. The number of benzene rings is 2. The van der Waals surface area contributed by atoms with Gasteiger partial charge in [-0.2, -0.15) is 0 Å². The maximum absolute atomic E-state index is 13.2. The highest BCUT2D eigenvalue weighted by Crippen LogP contribution is 2.28. The fourth-order valence-electron chi connectivity index (χ4n) is 2.58. The van der Waals surface area contributed by atoms with Crippen LogP contribution in [-0.2, 0) is 16.1 Å². The third-order valence-electron chi connectivity index (χ3n) is 4.23. The fraction of sp³-hybridized carbons (Fsp3) is 0.333. The maximum Gasteiger partial charge on any atom is 0.261 e. The van der Waals surface area contributed by atoms with Crippen molar-refractivity contribution in [3.05, 3.63) is 63.3 Å². The molecule has 0 saturated heterocycles. The molecular weight excluding hydrogens is 463 g/mol. The number of nitrogens with one attached hydrogen (secondary N) is 1. The van der Waals surface area contributed by atoms with E-state index < -0.39 is 6.04 Å². The molecule has 8 heteroatoms. The normalized spacial score (nSPS) is 11.6. The molecule has 0 bridgehead atoms. The number of nitrogens with zero attached hydrogens (tertiary/aromatic N) is 1. The van der Waals surface area contributed by atoms with Crippen LogP contribution < -0.4 is 10.1 Å². The van der Waals surface area contributed by atoms with Crippen molar-refractivity contribution in [2.24, 2.45) is 0 Å². The summed E-state index contributed by atoms with van der Waals surface area (Å²) >= 11 is 9.26. The Labute approximate surface area is 183 Å². The van der Waals surface area contributed by atoms with Crippen LogP contribution in [0.4, 0.5) is 4.39 Å². The quantitative estimate of drug-likeness (QED) is 0.566. The molecule has 2 rings (SSSR count). The topological polar surface area (TPSA) is 58.6 Å². The third kappa shape index (κ3) is 7.01. The van der Waals surface area contributed by atoms with Crippen molar-refractivity contribution in [2.75, 3.05) is 13.2 Å². The first kappa shape index (κ1) is 23.2. The van der Waals surface area contributed by atoms with Crippen molar-refractivity contribution in [1.29, 1.82) is 0 Å². The van der Waals surface area contributed by atoms with Crippen molar-refractivity contribution in [3.63, 3.8) is 0 Å². The number of hydrogen-bond donors (Lipinski definition) is 1. The second-order valence-electron chi connectivity index (χ2n) is 6.48. The van der Waals surface area contributed by atoms with E-state index in [9.17, 15) is 14.0 Å². The first-order valence-corrected chi connectivity index (χ1v) is 10.4. The van der Waals surface area contributed by atoms with Gasteiger partial charge in [-0.3, -0.25) is 9.59 Å². The lowest BCUT2D eigenvalue weighted by Crippen LogP contribution is -2.49. The average Bonchev–Trinajstić information content (AvgIpc) is 2.70. The molecule has 2 amide bonds. The summed E-state index contributed by atoms with van der Waals surface area (Å²) in [6, 6.07) is 10.1. The summed E-state index contributed by atoms with van der Waals surface area (Å²) in [6.07, 6.45) is 0.790. The molecular formula is C21H23BrClFN2O3. The standard InChI is InChI=1S/C21H23BrClFN2O3/c1-3-10-25-21(28)14(2)26(12-15-4-7-17(24)8-5-15)20(27)13-29-19-9-6-16(23)11-18(19)22/h4-9,11,14H,3,10,12-13H2,1-2H3,(H,25,28)/t14-/m0/s1. The van der Waals surface area contributed by atoms with E-state index >= 15 is 0 Å². The Bertz CT molecular complexity index is 848. The van der Waals surface area contributed by atoms with Gasteiger partial charge in [-0.25, -0.2) is 4.39 Å². The number of hydrogen-bond acceptors (Lipinski definition) is 3. The Hall–Kier alpha value is -2.12. The van der Waals surface area contributed by atoms with E-state index in [1.54, 1.807) is 37.3 Å². The van der Waals surface area contributed by atoms with Gasteiger partial charge in [-0.05, 0) is 65.2 Å². The molecule has 0 spiro atoms. The van der Waals surface area contributed by atoms with Crippen LogP contribution in [0.2, 0.25) is 5.02 Å². The molecule has 0 heterocycles. The number of amides is 2. The summed E-state index contributed by atoms with van der Waals surface area (Å²) in [4.78, 5) is 26.7. The second kappa shape index (κ2) is 11.2. The van der Waals surface area contributed by atoms with Crippen molar-refractivity contribution in [2.45, 2.75) is 32.9 Å². The highest BCUT2D eigenvalue weighted by Gasteiger charge is 2.26. The summed E-state index contributed by atoms with van der Waals surface area (Å²) in [5, 5.41) is 3.33. The molecule has 1 atom stereocenters. The molecule has 156 valence electrons. The lowest BCUT2D eigenvalue weighted by atomic mass is 10.1. The largest absolute Gasteiger partial charge is 0.483 e. The van der Waals surface area contributed by atoms with Gasteiger partial charge in [-0.1, -0.05) is 30.7 Å². The Kier molecular flexibility index (Phi) is 8.92. The lowest BCUT2D eigenvalue weighted by Gasteiger charge is -2.28. The first-order valence-electron chi connectivity index (χ1n) is 9.21. The fourth-order valence-corrected chi connectivity index (χ4v) is 3.38. The lowest BCUT2D eigenvalue weighted by molar-refractivity contribution is -0.142. The highest BCUT2D eigenvalue weighted by molar-refractivity contribution is 9.10. The minimum atomic E-state index is -0.712. The van der Waals surface area contributed by atoms with Crippen molar-refractivity contribution < 1.29 is 18.7 Å². The molecule has 0 aliphatic rings. The van der Waals surface area contributed by atoms with E-state index in [2.05, 4.69) is 21.2 Å². The smallest absolute Gasteiger partial charge is 0.261 e. The van der Waals surface area contributed by atoms with Crippen molar-refractivity contribution in [3.8, 4) is 5.75 Å². The Morgan fingerprint density at radius 2 is 1.93 bits per heavy atom. The molecule has 0 aliphatic heterocycles. The molecule has 0 unspecified atom stereocenters. The molecule has 2 aromatic rings. The summed E-state index contributed by atoms with van der Waals surface area (Å²) in [5.41, 5.74) is 0.711. The summed E-state index contributed by atoms with van der Waals surface area (Å²) in [5.74, 6) is -0.519. The van der Waals surface area contributed by atoms with Gasteiger partial charge in [0.15, 0.2) is 6.61 Å². The zero-order chi connectivity index (χ0) is 21.4. The first-order chi connectivity index (χ1) is 13.8. The van der Waals surface area contributed by atoms with E-state index in [0.29, 0.717) is 27.4 Å². The summed E-state index contributed by atoms with van der Waals surface area (Å²) in [7, 11) is 0. The molecule has 2 aromatic carbocycles. The van der Waals surface area contributed by atoms with Gasteiger partial charge >= 0.3 is 0 Å². The van der Waals surface area contributed by atoms with Crippen LogP contribution in [0.1, 0.15) is 25.8 Å². The van der Waals surface area contributed by atoms with Gasteiger partial charge in [0.05, 0.1) is 4.47 Å². The maximum atomic E-state index is 13.2. The molecule has 29 heavy (non-hydrogen) atoms. The van der Waals surface area contributed by atoms with Crippen LogP contribution >= 0.6 is 27.5 Å². The van der Waals surface area contributed by atoms with E-state index in [0.717, 1.165) is 6.42 Å². The van der Waals surface area contributed by atoms with Crippen LogP contribution in [-0.4, -0.2) is 35.9 Å². The number of carbonyl (C=O) groups excluding carboxylic acids is 2. The Balaban J connectivity index is 2.14. The van der Waals surface area contributed by atoms with Gasteiger partial charge in [-0.15, -0.1) is 0 Å². The van der Waals surface area contributed by atoms with E-state index in [-0.39, 0.29) is 30.8 Å². The van der Waals surface area contributed by atoms with Gasteiger partial charge in [0, 0.05) is 18.1 Å². The predicted molar refractivity (Wildman–Crippen MR) is 114 cm³/mol. The molecule has 0 radical (unpaired) electrons. The molecule has 5 nitrogen and oxygen atoms in total. The van der Waals surface area contributed by atoms with Crippen LogP contribution in [0.25, 0.3) is 0 Å². The van der Waals surface area contributed by atoms with Gasteiger partial charge in [0.1, 0.15) is 17.6 Å². The number of halogens is 3. The SMILES string of the molecule is CCCNC(=O)[C@H](C)N(Cc1ccc(F)cc1)C(=O)COc1ccc(Cl)cc1Br. The minimum absolute atomic E-state index is 0.158. The highest BCUT2D eigenvalue weighted by atomic mass is 79.9. The molecule has 0 aromatic heterocycles. The zero-order valence-corrected chi connectivity index (χ0v) is 18.6. The predicted octanol–water partition coefficient (Wildman–Crippen LogP) is 4.56. The second-order valence-corrected chi connectivity index (χ2v) is 7.77. The number of rotatable bonds is 9. The van der Waals surface area contributed by atoms with Crippen LogP contribution in [0, 0.1) is 5.82 Å². The Morgan fingerprint density at radius 3 is 2.55 bits per heavy atom. The molecule has 0 aliphatic carbocycles. The monoisotopic (exact) mass is 484 g/mol. The van der Waals surface area contributed by atoms with Crippen LogP contribution in [0.15, 0.2) is 46.9 Å². The third-order valence-corrected chi connectivity index (χ3v) is 5.08. The van der Waals surface area contributed by atoms with Crippen LogP contribution in [0.3, 0.4) is 0 Å². The van der Waals surface area contributed by atoms with Gasteiger partial charge in [0.25, 0.3) is 5.91 Å². The molecule has 1 N–H and O–H groups in total. The number of ether oxygens (including phenoxy) is 1. The zero-order valence-electron chi connectivity index (χ0n) is 16.3. The van der Waals surface area contributed by atoms with Crippen molar-refractivity contribution >= 4 is 39.3 Å². The minimum Gasteiger partial charge on any atom is -0.483 e. The van der Waals surface area contributed by atoms with Crippen molar-refractivity contribution in [1.82, 2.24) is 10.2 Å². The Morgan fingerprint density at radius 1 is 1.24 bits per heavy atom. The van der Waals surface area contributed by atoms with Gasteiger partial charge < -0.3 is 15.0 Å². The van der Waals surface area contributed by atoms with E-state index in [1.807, 2.05) is 6.92 Å². The van der Waals surface area contributed by atoms with Crippen LogP contribution in [0.5, 0.6) is 5.75 Å². The number of carbonyl (C=O) groups is 2. The molecule has 0 fully saturated rings. The van der Waals surface area contributed by atoms with Gasteiger partial charge in [0.2, 0.25) is 5.91 Å². The van der Waals surface area contributed by atoms with E-state index in [4.69, 9.17) is 16.3 Å². The summed E-state index contributed by atoms with van der Waals surface area (Å²) < 4.78 is 19.4.